The van der Waals surface area contributed by atoms with Gasteiger partial charge in [-0.1, -0.05) is 36.4 Å². The molecule has 0 aliphatic rings. The summed E-state index contributed by atoms with van der Waals surface area (Å²) in [4.78, 5) is 22.1. The highest BCUT2D eigenvalue weighted by Crippen LogP contribution is 2.26. The van der Waals surface area contributed by atoms with Crippen molar-refractivity contribution in [3.63, 3.8) is 0 Å². The van der Waals surface area contributed by atoms with Crippen molar-refractivity contribution >= 4 is 17.1 Å². The summed E-state index contributed by atoms with van der Waals surface area (Å²) in [5.41, 5.74) is 4.78. The van der Waals surface area contributed by atoms with E-state index in [1.807, 2.05) is 94.3 Å². The zero-order valence-corrected chi connectivity index (χ0v) is 16.1. The number of fused-ring (bicyclic) bond motifs is 1. The number of rotatable bonds is 5. The minimum atomic E-state index is -0.137. The quantitative estimate of drug-likeness (QED) is 0.488. The number of imidazole rings is 1. The van der Waals surface area contributed by atoms with Crippen molar-refractivity contribution in [3.05, 3.63) is 109 Å². The summed E-state index contributed by atoms with van der Waals surface area (Å²) in [6, 6.07) is 23.2. The number of aromatic nitrogens is 4. The summed E-state index contributed by atoms with van der Waals surface area (Å²) in [5, 5.41) is 3.03. The fourth-order valence-corrected chi connectivity index (χ4v) is 3.56. The first kappa shape index (κ1) is 17.9. The van der Waals surface area contributed by atoms with Gasteiger partial charge >= 0.3 is 0 Å². The lowest BCUT2D eigenvalue weighted by Gasteiger charge is -2.17. The highest BCUT2D eigenvalue weighted by molar-refractivity contribution is 5.99. The Labute approximate surface area is 173 Å². The number of carbonyl (C=O) groups is 1. The van der Waals surface area contributed by atoms with E-state index in [0.717, 1.165) is 28.1 Å². The molecule has 3 heterocycles. The molecular weight excluding hydrogens is 374 g/mol. The second-order valence-electron chi connectivity index (χ2n) is 6.89. The number of para-hydroxylation sites is 1. The van der Waals surface area contributed by atoms with Crippen LogP contribution in [0.4, 0.5) is 0 Å². The summed E-state index contributed by atoms with van der Waals surface area (Å²) >= 11 is 0. The third-order valence-electron chi connectivity index (χ3n) is 4.98. The van der Waals surface area contributed by atoms with Gasteiger partial charge in [0.2, 0.25) is 0 Å². The first-order valence-electron chi connectivity index (χ1n) is 9.68. The maximum atomic E-state index is 13.2. The van der Waals surface area contributed by atoms with Crippen LogP contribution in [0.3, 0.4) is 0 Å². The van der Waals surface area contributed by atoms with E-state index in [1.165, 1.54) is 0 Å². The number of nitrogens with zero attached hydrogens (tertiary/aromatic N) is 4. The zero-order chi connectivity index (χ0) is 20.3. The standard InChI is InChI=1S/C24H19N5O/c30-24(26-16-18-8-2-1-3-9-18)19-10-6-12-21(22(19)28-14-4-5-15-28)29-17-27-20-11-7-13-25-23(20)29/h1-15,17H,16H2,(H,26,30). The Morgan fingerprint density at radius 3 is 2.53 bits per heavy atom. The number of pyridine rings is 1. The van der Waals surface area contributed by atoms with Crippen molar-refractivity contribution in [2.24, 2.45) is 0 Å². The van der Waals surface area contributed by atoms with E-state index in [2.05, 4.69) is 15.3 Å². The van der Waals surface area contributed by atoms with E-state index in [0.29, 0.717) is 12.1 Å². The van der Waals surface area contributed by atoms with E-state index in [1.54, 1.807) is 12.5 Å². The van der Waals surface area contributed by atoms with E-state index in [4.69, 9.17) is 0 Å². The highest BCUT2D eigenvalue weighted by atomic mass is 16.1. The van der Waals surface area contributed by atoms with E-state index in [9.17, 15) is 4.79 Å². The average molecular weight is 393 g/mol. The fourth-order valence-electron chi connectivity index (χ4n) is 3.56. The van der Waals surface area contributed by atoms with Gasteiger partial charge in [0.25, 0.3) is 5.91 Å². The Balaban J connectivity index is 1.60. The molecule has 0 aliphatic carbocycles. The molecule has 0 saturated carbocycles. The second-order valence-corrected chi connectivity index (χ2v) is 6.89. The van der Waals surface area contributed by atoms with Gasteiger partial charge in [0.15, 0.2) is 5.65 Å². The van der Waals surface area contributed by atoms with Crippen LogP contribution in [0.2, 0.25) is 0 Å². The van der Waals surface area contributed by atoms with Gasteiger partial charge in [-0.15, -0.1) is 0 Å². The van der Waals surface area contributed by atoms with Gasteiger partial charge in [-0.2, -0.15) is 0 Å². The van der Waals surface area contributed by atoms with Crippen molar-refractivity contribution in [2.75, 3.05) is 0 Å². The van der Waals surface area contributed by atoms with Crippen molar-refractivity contribution in [1.29, 1.82) is 0 Å². The number of benzene rings is 2. The Morgan fingerprint density at radius 1 is 0.867 bits per heavy atom. The molecule has 0 saturated heterocycles. The number of carbonyl (C=O) groups excluding carboxylic acids is 1. The molecule has 30 heavy (non-hydrogen) atoms. The van der Waals surface area contributed by atoms with E-state index >= 15 is 0 Å². The van der Waals surface area contributed by atoms with E-state index in [-0.39, 0.29) is 5.91 Å². The zero-order valence-electron chi connectivity index (χ0n) is 16.1. The predicted molar refractivity (Wildman–Crippen MR) is 116 cm³/mol. The van der Waals surface area contributed by atoms with Crippen molar-refractivity contribution < 1.29 is 4.79 Å². The van der Waals surface area contributed by atoms with Crippen LogP contribution in [-0.2, 0) is 6.54 Å². The molecule has 0 bridgehead atoms. The molecule has 1 amide bonds. The maximum absolute atomic E-state index is 13.2. The monoisotopic (exact) mass is 393 g/mol. The molecule has 0 radical (unpaired) electrons. The van der Waals surface area contributed by atoms with Crippen LogP contribution < -0.4 is 5.32 Å². The lowest BCUT2D eigenvalue weighted by molar-refractivity contribution is 0.0951. The van der Waals surface area contributed by atoms with Gasteiger partial charge in [-0.05, 0) is 42.0 Å². The Morgan fingerprint density at radius 2 is 1.70 bits per heavy atom. The number of nitrogens with one attached hydrogen (secondary N) is 1. The Bertz CT molecular complexity index is 1310. The topological polar surface area (TPSA) is 64.7 Å². The molecule has 5 aromatic rings. The Kier molecular flexibility index (Phi) is 4.57. The van der Waals surface area contributed by atoms with E-state index < -0.39 is 0 Å². The summed E-state index contributed by atoms with van der Waals surface area (Å²) in [6.07, 6.45) is 7.34. The normalized spacial score (nSPS) is 10.9. The van der Waals surface area contributed by atoms with Gasteiger partial charge < -0.3 is 9.88 Å². The molecule has 0 spiro atoms. The number of hydrogen-bond acceptors (Lipinski definition) is 3. The summed E-state index contributed by atoms with van der Waals surface area (Å²) in [7, 11) is 0. The molecule has 0 unspecified atom stereocenters. The van der Waals surface area contributed by atoms with Gasteiger partial charge in [0.05, 0.1) is 16.9 Å². The van der Waals surface area contributed by atoms with Crippen molar-refractivity contribution in [3.8, 4) is 11.4 Å². The van der Waals surface area contributed by atoms with Crippen LogP contribution in [-0.4, -0.2) is 25.0 Å². The maximum Gasteiger partial charge on any atom is 0.253 e. The second kappa shape index (κ2) is 7.67. The van der Waals surface area contributed by atoms with Crippen LogP contribution >= 0.6 is 0 Å². The number of hydrogen-bond donors (Lipinski definition) is 1. The summed E-state index contributed by atoms with van der Waals surface area (Å²) in [6.45, 7) is 0.463. The molecule has 0 aliphatic heterocycles. The fraction of sp³-hybridized carbons (Fsp3) is 0.0417. The number of amides is 1. The minimum absolute atomic E-state index is 0.137. The molecule has 2 aromatic carbocycles. The molecule has 6 heteroatoms. The van der Waals surface area contributed by atoms with Crippen LogP contribution in [0.25, 0.3) is 22.5 Å². The van der Waals surface area contributed by atoms with Gasteiger partial charge in [0, 0.05) is 25.1 Å². The molecule has 0 atom stereocenters. The molecule has 3 aromatic heterocycles. The molecule has 5 rings (SSSR count). The smallest absolute Gasteiger partial charge is 0.253 e. The highest BCUT2D eigenvalue weighted by Gasteiger charge is 2.18. The first-order chi connectivity index (χ1) is 14.8. The van der Waals surface area contributed by atoms with Crippen LogP contribution in [0.1, 0.15) is 15.9 Å². The third-order valence-corrected chi connectivity index (χ3v) is 4.98. The summed E-state index contributed by atoms with van der Waals surface area (Å²) < 4.78 is 3.86. The lowest BCUT2D eigenvalue weighted by atomic mass is 10.1. The van der Waals surface area contributed by atoms with Crippen molar-refractivity contribution in [1.82, 2.24) is 24.4 Å². The van der Waals surface area contributed by atoms with Crippen LogP contribution in [0.15, 0.2) is 97.7 Å². The molecule has 6 nitrogen and oxygen atoms in total. The molecule has 0 fully saturated rings. The SMILES string of the molecule is O=C(NCc1ccccc1)c1cccc(-n2cnc3cccnc32)c1-n1cccc1. The predicted octanol–water partition coefficient (Wildman–Crippen LogP) is 4.14. The first-order valence-corrected chi connectivity index (χ1v) is 9.68. The molecular formula is C24H19N5O. The summed E-state index contributed by atoms with van der Waals surface area (Å²) in [5.74, 6) is -0.137. The minimum Gasteiger partial charge on any atom is -0.348 e. The third kappa shape index (κ3) is 3.24. The van der Waals surface area contributed by atoms with Crippen LogP contribution in [0, 0.1) is 0 Å². The van der Waals surface area contributed by atoms with Gasteiger partial charge in [0.1, 0.15) is 11.8 Å². The lowest BCUT2D eigenvalue weighted by Crippen LogP contribution is -2.24. The molecule has 1 N–H and O–H groups in total. The largest absolute Gasteiger partial charge is 0.348 e. The molecule has 146 valence electrons. The van der Waals surface area contributed by atoms with Gasteiger partial charge in [-0.3, -0.25) is 9.36 Å². The van der Waals surface area contributed by atoms with Crippen LogP contribution in [0.5, 0.6) is 0 Å². The van der Waals surface area contributed by atoms with Crippen molar-refractivity contribution in [2.45, 2.75) is 6.54 Å². The Hall–Kier alpha value is -4.19. The van der Waals surface area contributed by atoms with Gasteiger partial charge in [-0.25, -0.2) is 9.97 Å². The average Bonchev–Trinajstić information content (AvgIpc) is 3.48.